The Morgan fingerprint density at radius 1 is 1.29 bits per heavy atom. The van der Waals surface area contributed by atoms with Crippen molar-refractivity contribution in [2.24, 2.45) is 0 Å². The molecule has 21 heavy (non-hydrogen) atoms. The third-order valence-electron chi connectivity index (χ3n) is 2.87. The summed E-state index contributed by atoms with van der Waals surface area (Å²) < 4.78 is 10.4. The maximum atomic E-state index is 11.6. The molecule has 1 aromatic heterocycles. The van der Waals surface area contributed by atoms with Crippen molar-refractivity contribution >= 4 is 11.9 Å². The Morgan fingerprint density at radius 3 is 2.71 bits per heavy atom. The lowest BCUT2D eigenvalue weighted by Crippen LogP contribution is -2.12. The monoisotopic (exact) mass is 295 g/mol. The zero-order valence-corrected chi connectivity index (χ0v) is 13.1. The predicted octanol–water partition coefficient (Wildman–Crippen LogP) is 2.58. The predicted molar refractivity (Wildman–Crippen MR) is 81.6 cm³/mol. The first-order chi connectivity index (χ1) is 10.2. The molecule has 0 spiro atoms. The van der Waals surface area contributed by atoms with Gasteiger partial charge in [0.15, 0.2) is 0 Å². The molecule has 0 radical (unpaired) electrons. The van der Waals surface area contributed by atoms with Crippen LogP contribution in [-0.2, 0) is 9.47 Å². The number of hydrogen-bond donors (Lipinski definition) is 1. The van der Waals surface area contributed by atoms with Gasteiger partial charge in [-0.2, -0.15) is 0 Å². The van der Waals surface area contributed by atoms with Crippen molar-refractivity contribution in [2.45, 2.75) is 40.0 Å². The summed E-state index contributed by atoms with van der Waals surface area (Å²) in [6.45, 7) is 8.32. The second kappa shape index (κ2) is 10.1. The molecule has 0 fully saturated rings. The Kier molecular flexibility index (Phi) is 8.35. The second-order valence-electron chi connectivity index (χ2n) is 4.66. The molecule has 6 heteroatoms. The van der Waals surface area contributed by atoms with Gasteiger partial charge in [0.1, 0.15) is 0 Å². The van der Waals surface area contributed by atoms with Crippen molar-refractivity contribution in [3.05, 3.63) is 17.5 Å². The highest BCUT2D eigenvalue weighted by Gasteiger charge is 2.12. The standard InChI is InChI=1S/C15H25N3O3/c1-4-6-9-20-10-7-8-16-15-17-11-13(12(3)18-15)14(19)21-5-2/h11H,4-10H2,1-3H3,(H,16,17,18). The molecule has 118 valence electrons. The Morgan fingerprint density at radius 2 is 2.05 bits per heavy atom. The fourth-order valence-corrected chi connectivity index (χ4v) is 1.68. The topological polar surface area (TPSA) is 73.3 Å². The molecular weight excluding hydrogens is 270 g/mol. The highest BCUT2D eigenvalue weighted by atomic mass is 16.5. The van der Waals surface area contributed by atoms with Crippen LogP contribution in [0, 0.1) is 6.92 Å². The van der Waals surface area contributed by atoms with Gasteiger partial charge in [-0.3, -0.25) is 0 Å². The molecule has 0 bridgehead atoms. The average molecular weight is 295 g/mol. The number of anilines is 1. The fraction of sp³-hybridized carbons (Fsp3) is 0.667. The van der Waals surface area contributed by atoms with E-state index in [0.29, 0.717) is 23.8 Å². The van der Waals surface area contributed by atoms with Crippen molar-refractivity contribution in [3.63, 3.8) is 0 Å². The number of nitrogens with zero attached hydrogens (tertiary/aromatic N) is 2. The van der Waals surface area contributed by atoms with Gasteiger partial charge in [-0.1, -0.05) is 13.3 Å². The van der Waals surface area contributed by atoms with E-state index in [-0.39, 0.29) is 5.97 Å². The quantitative estimate of drug-likeness (QED) is 0.528. The lowest BCUT2D eigenvalue weighted by atomic mass is 10.2. The van der Waals surface area contributed by atoms with Crippen LogP contribution >= 0.6 is 0 Å². The van der Waals surface area contributed by atoms with Gasteiger partial charge in [0, 0.05) is 26.0 Å². The molecule has 0 aliphatic heterocycles. The van der Waals surface area contributed by atoms with E-state index < -0.39 is 0 Å². The number of hydrogen-bond acceptors (Lipinski definition) is 6. The molecule has 0 aromatic carbocycles. The third kappa shape index (κ3) is 6.53. The zero-order chi connectivity index (χ0) is 15.5. The van der Waals surface area contributed by atoms with Crippen LogP contribution in [0.3, 0.4) is 0 Å². The molecule has 0 aliphatic carbocycles. The molecule has 6 nitrogen and oxygen atoms in total. The van der Waals surface area contributed by atoms with Crippen LogP contribution in [0.25, 0.3) is 0 Å². The van der Waals surface area contributed by atoms with Crippen LogP contribution in [0.15, 0.2) is 6.20 Å². The lowest BCUT2D eigenvalue weighted by molar-refractivity contribution is 0.0524. The molecule has 0 unspecified atom stereocenters. The van der Waals surface area contributed by atoms with Gasteiger partial charge in [-0.15, -0.1) is 0 Å². The first-order valence-electron chi connectivity index (χ1n) is 7.51. The molecule has 1 rings (SSSR count). The summed E-state index contributed by atoms with van der Waals surface area (Å²) in [7, 11) is 0. The van der Waals surface area contributed by atoms with Crippen molar-refractivity contribution in [2.75, 3.05) is 31.7 Å². The summed E-state index contributed by atoms with van der Waals surface area (Å²) >= 11 is 0. The van der Waals surface area contributed by atoms with Crippen LogP contribution in [0.2, 0.25) is 0 Å². The zero-order valence-electron chi connectivity index (χ0n) is 13.1. The molecule has 1 aromatic rings. The number of esters is 1. The van der Waals surface area contributed by atoms with E-state index >= 15 is 0 Å². The number of unbranched alkanes of at least 4 members (excludes halogenated alkanes) is 1. The molecule has 0 amide bonds. The minimum atomic E-state index is -0.383. The molecule has 1 N–H and O–H groups in total. The largest absolute Gasteiger partial charge is 0.462 e. The van der Waals surface area contributed by atoms with Crippen LogP contribution in [-0.4, -0.2) is 42.3 Å². The number of carbonyl (C=O) groups is 1. The molecular formula is C15H25N3O3. The first kappa shape index (κ1) is 17.4. The van der Waals surface area contributed by atoms with E-state index in [9.17, 15) is 4.79 Å². The van der Waals surface area contributed by atoms with E-state index in [2.05, 4.69) is 22.2 Å². The first-order valence-corrected chi connectivity index (χ1v) is 7.51. The van der Waals surface area contributed by atoms with Crippen molar-refractivity contribution < 1.29 is 14.3 Å². The van der Waals surface area contributed by atoms with Gasteiger partial charge in [-0.25, -0.2) is 14.8 Å². The van der Waals surface area contributed by atoms with Gasteiger partial charge < -0.3 is 14.8 Å². The molecule has 0 aliphatic rings. The molecule has 0 atom stereocenters. The van der Waals surface area contributed by atoms with Gasteiger partial charge in [0.25, 0.3) is 0 Å². The number of aryl methyl sites for hydroxylation is 1. The maximum absolute atomic E-state index is 11.6. The SMILES string of the molecule is CCCCOCCCNc1ncc(C(=O)OCC)c(C)n1. The number of ether oxygens (including phenoxy) is 2. The van der Waals surface area contributed by atoms with Crippen molar-refractivity contribution in [3.8, 4) is 0 Å². The smallest absolute Gasteiger partial charge is 0.341 e. The van der Waals surface area contributed by atoms with Gasteiger partial charge in [0.2, 0.25) is 5.95 Å². The van der Waals surface area contributed by atoms with Crippen LogP contribution in [0.1, 0.15) is 49.2 Å². The highest BCUT2D eigenvalue weighted by Crippen LogP contribution is 2.08. The summed E-state index contributed by atoms with van der Waals surface area (Å²) in [5.41, 5.74) is 1.02. The van der Waals surface area contributed by atoms with Crippen LogP contribution in [0.4, 0.5) is 5.95 Å². The Labute approximate surface area is 126 Å². The van der Waals surface area contributed by atoms with Gasteiger partial charge in [0.05, 0.1) is 17.9 Å². The van der Waals surface area contributed by atoms with E-state index in [1.54, 1.807) is 13.8 Å². The number of rotatable bonds is 10. The van der Waals surface area contributed by atoms with E-state index in [1.165, 1.54) is 6.20 Å². The summed E-state index contributed by atoms with van der Waals surface area (Å²) in [4.78, 5) is 20.0. The summed E-state index contributed by atoms with van der Waals surface area (Å²) in [5, 5.41) is 3.12. The number of carbonyl (C=O) groups excluding carboxylic acids is 1. The third-order valence-corrected chi connectivity index (χ3v) is 2.87. The van der Waals surface area contributed by atoms with Crippen molar-refractivity contribution in [1.82, 2.24) is 9.97 Å². The molecule has 0 saturated carbocycles. The Balaban J connectivity index is 2.33. The average Bonchev–Trinajstić information content (AvgIpc) is 2.46. The normalized spacial score (nSPS) is 10.4. The summed E-state index contributed by atoms with van der Waals surface area (Å²) in [6.07, 6.45) is 4.65. The van der Waals surface area contributed by atoms with Crippen LogP contribution < -0.4 is 5.32 Å². The minimum Gasteiger partial charge on any atom is -0.462 e. The van der Waals surface area contributed by atoms with Crippen LogP contribution in [0.5, 0.6) is 0 Å². The summed E-state index contributed by atoms with van der Waals surface area (Å²) in [6, 6.07) is 0. The van der Waals surface area contributed by atoms with E-state index in [4.69, 9.17) is 9.47 Å². The minimum absolute atomic E-state index is 0.344. The number of nitrogens with one attached hydrogen (secondary N) is 1. The van der Waals surface area contributed by atoms with Gasteiger partial charge >= 0.3 is 5.97 Å². The molecule has 0 saturated heterocycles. The second-order valence-corrected chi connectivity index (χ2v) is 4.66. The van der Waals surface area contributed by atoms with E-state index in [1.807, 2.05) is 0 Å². The Bertz CT molecular complexity index is 438. The Hall–Kier alpha value is -1.69. The summed E-state index contributed by atoms with van der Waals surface area (Å²) in [5.74, 6) is 0.139. The number of aromatic nitrogens is 2. The van der Waals surface area contributed by atoms with Crippen molar-refractivity contribution in [1.29, 1.82) is 0 Å². The highest BCUT2D eigenvalue weighted by molar-refractivity contribution is 5.90. The van der Waals surface area contributed by atoms with E-state index in [0.717, 1.165) is 39.0 Å². The maximum Gasteiger partial charge on any atom is 0.341 e. The van der Waals surface area contributed by atoms with Gasteiger partial charge in [-0.05, 0) is 26.7 Å². The lowest BCUT2D eigenvalue weighted by Gasteiger charge is -2.08. The molecule has 1 heterocycles. The fourth-order valence-electron chi connectivity index (χ4n) is 1.68.